The molecule has 0 spiro atoms. The number of esters is 1. The quantitative estimate of drug-likeness (QED) is 0.617. The van der Waals surface area contributed by atoms with Crippen molar-refractivity contribution < 1.29 is 33.3 Å². The SMILES string of the molecule is CCC1COC(=O)[C@](CC(C)C)(NC(=O)OC(C)(C)C)OC(=O)O1. The minimum Gasteiger partial charge on any atom is -0.457 e. The van der Waals surface area contributed by atoms with Gasteiger partial charge in [0.15, 0.2) is 0 Å². The van der Waals surface area contributed by atoms with Crippen LogP contribution in [0, 0.1) is 5.92 Å². The summed E-state index contributed by atoms with van der Waals surface area (Å²) in [6.45, 7) is 10.4. The molecular formula is C16H27NO7. The van der Waals surface area contributed by atoms with Gasteiger partial charge in [-0.05, 0) is 33.1 Å². The molecule has 138 valence electrons. The van der Waals surface area contributed by atoms with Gasteiger partial charge in [0.05, 0.1) is 0 Å². The molecule has 1 unspecified atom stereocenters. The van der Waals surface area contributed by atoms with Gasteiger partial charge in [-0.1, -0.05) is 20.8 Å². The normalized spacial score (nSPS) is 25.0. The van der Waals surface area contributed by atoms with Crippen molar-refractivity contribution >= 4 is 18.2 Å². The lowest BCUT2D eigenvalue weighted by Crippen LogP contribution is -2.61. The number of carbonyl (C=O) groups excluding carboxylic acids is 3. The number of nitrogens with one attached hydrogen (secondary N) is 1. The van der Waals surface area contributed by atoms with Crippen molar-refractivity contribution in [1.82, 2.24) is 5.32 Å². The Morgan fingerprint density at radius 2 is 2.00 bits per heavy atom. The predicted octanol–water partition coefficient (Wildman–Crippen LogP) is 2.74. The zero-order valence-electron chi connectivity index (χ0n) is 15.1. The number of carbonyl (C=O) groups is 3. The van der Waals surface area contributed by atoms with Gasteiger partial charge in [0, 0.05) is 6.42 Å². The second-order valence-electron chi connectivity index (χ2n) is 7.15. The van der Waals surface area contributed by atoms with E-state index in [1.54, 1.807) is 27.7 Å². The molecule has 8 heteroatoms. The number of ether oxygens (including phenoxy) is 4. The van der Waals surface area contributed by atoms with Gasteiger partial charge in [0.25, 0.3) is 5.72 Å². The third-order valence-electron chi connectivity index (χ3n) is 3.10. The van der Waals surface area contributed by atoms with E-state index in [-0.39, 0.29) is 18.9 Å². The number of alkyl carbamates (subject to hydrolysis) is 1. The predicted molar refractivity (Wildman–Crippen MR) is 84.2 cm³/mol. The molecule has 0 aromatic rings. The molecule has 0 aromatic heterocycles. The highest BCUT2D eigenvalue weighted by Crippen LogP contribution is 2.25. The zero-order chi connectivity index (χ0) is 18.5. The highest BCUT2D eigenvalue weighted by Gasteiger charge is 2.49. The van der Waals surface area contributed by atoms with Crippen molar-refractivity contribution in [3.05, 3.63) is 0 Å². The van der Waals surface area contributed by atoms with Crippen molar-refractivity contribution in [2.24, 2.45) is 5.92 Å². The number of cyclic esters (lactones) is 3. The second-order valence-corrected chi connectivity index (χ2v) is 7.15. The summed E-state index contributed by atoms with van der Waals surface area (Å²) in [7, 11) is 0. The van der Waals surface area contributed by atoms with E-state index in [0.717, 1.165) is 0 Å². The first kappa shape index (κ1) is 20.1. The molecule has 24 heavy (non-hydrogen) atoms. The van der Waals surface area contributed by atoms with Gasteiger partial charge in [-0.15, -0.1) is 0 Å². The Hall–Kier alpha value is -1.99. The standard InChI is InChI=1S/C16H27NO7/c1-7-11-9-21-12(18)16(8-10(2)3,24-14(20)22-11)17-13(19)23-15(4,5)6/h10-11H,7-9H2,1-6H3,(H,17,19)/t11?,16-/m1/s1. The summed E-state index contributed by atoms with van der Waals surface area (Å²) in [4.78, 5) is 36.6. The molecule has 2 atom stereocenters. The van der Waals surface area contributed by atoms with Crippen LogP contribution in [0.5, 0.6) is 0 Å². The Morgan fingerprint density at radius 1 is 1.38 bits per heavy atom. The topological polar surface area (TPSA) is 100 Å². The first-order chi connectivity index (χ1) is 11.0. The molecule has 0 aromatic carbocycles. The van der Waals surface area contributed by atoms with Crippen molar-refractivity contribution in [1.29, 1.82) is 0 Å². The minimum absolute atomic E-state index is 0.0248. The first-order valence-corrected chi connectivity index (χ1v) is 8.05. The summed E-state index contributed by atoms with van der Waals surface area (Å²) >= 11 is 0. The highest BCUT2D eigenvalue weighted by molar-refractivity contribution is 5.86. The number of hydrogen-bond acceptors (Lipinski definition) is 7. The van der Waals surface area contributed by atoms with Crippen LogP contribution in [0.2, 0.25) is 0 Å². The molecule has 0 bridgehead atoms. The average Bonchev–Trinajstić information content (AvgIpc) is 2.38. The van der Waals surface area contributed by atoms with Crippen LogP contribution in [-0.4, -0.2) is 42.3 Å². The van der Waals surface area contributed by atoms with Crippen LogP contribution >= 0.6 is 0 Å². The second kappa shape index (κ2) is 7.72. The molecule has 0 saturated carbocycles. The molecule has 1 N–H and O–H groups in total. The molecule has 0 aliphatic carbocycles. The van der Waals surface area contributed by atoms with E-state index in [1.807, 2.05) is 13.8 Å². The Morgan fingerprint density at radius 3 is 2.50 bits per heavy atom. The molecule has 1 aliphatic rings. The maximum Gasteiger partial charge on any atom is 0.511 e. The van der Waals surface area contributed by atoms with E-state index >= 15 is 0 Å². The summed E-state index contributed by atoms with van der Waals surface area (Å²) in [5.74, 6) is -0.932. The van der Waals surface area contributed by atoms with Crippen LogP contribution in [0.1, 0.15) is 54.4 Å². The fraction of sp³-hybridized carbons (Fsp3) is 0.812. The smallest absolute Gasteiger partial charge is 0.457 e. The van der Waals surface area contributed by atoms with E-state index in [4.69, 9.17) is 18.9 Å². The molecule has 1 rings (SSSR count). The lowest BCUT2D eigenvalue weighted by Gasteiger charge is -2.35. The molecule has 1 saturated heterocycles. The van der Waals surface area contributed by atoms with Crippen molar-refractivity contribution in [3.8, 4) is 0 Å². The average molecular weight is 345 g/mol. The van der Waals surface area contributed by atoms with Crippen molar-refractivity contribution in [2.75, 3.05) is 6.61 Å². The van der Waals surface area contributed by atoms with Crippen LogP contribution in [0.15, 0.2) is 0 Å². The molecule has 1 amide bonds. The van der Waals surface area contributed by atoms with Crippen LogP contribution in [0.25, 0.3) is 0 Å². The lowest BCUT2D eigenvalue weighted by atomic mass is 10.00. The fourth-order valence-electron chi connectivity index (χ4n) is 2.16. The Balaban J connectivity index is 3.05. The van der Waals surface area contributed by atoms with Crippen molar-refractivity contribution in [2.45, 2.75) is 71.8 Å². The van der Waals surface area contributed by atoms with E-state index in [9.17, 15) is 14.4 Å². The molecule has 1 fully saturated rings. The van der Waals surface area contributed by atoms with E-state index in [2.05, 4.69) is 5.32 Å². The van der Waals surface area contributed by atoms with Gasteiger partial charge >= 0.3 is 18.2 Å². The fourth-order valence-corrected chi connectivity index (χ4v) is 2.16. The van der Waals surface area contributed by atoms with Crippen LogP contribution in [-0.2, 0) is 23.7 Å². The zero-order valence-corrected chi connectivity index (χ0v) is 15.1. The maximum atomic E-state index is 12.5. The molecule has 1 aliphatic heterocycles. The largest absolute Gasteiger partial charge is 0.511 e. The molecule has 0 radical (unpaired) electrons. The first-order valence-electron chi connectivity index (χ1n) is 8.05. The Kier molecular flexibility index (Phi) is 6.45. The summed E-state index contributed by atoms with van der Waals surface area (Å²) < 4.78 is 20.6. The Labute approximate surface area is 142 Å². The van der Waals surface area contributed by atoms with Gasteiger partial charge in [-0.2, -0.15) is 0 Å². The van der Waals surface area contributed by atoms with Crippen LogP contribution < -0.4 is 5.32 Å². The van der Waals surface area contributed by atoms with Crippen LogP contribution in [0.4, 0.5) is 9.59 Å². The van der Waals surface area contributed by atoms with Gasteiger partial charge in [-0.3, -0.25) is 5.32 Å². The number of rotatable bonds is 4. The van der Waals surface area contributed by atoms with Gasteiger partial charge < -0.3 is 18.9 Å². The van der Waals surface area contributed by atoms with Crippen LogP contribution in [0.3, 0.4) is 0 Å². The summed E-state index contributed by atoms with van der Waals surface area (Å²) in [6.07, 6.45) is -2.01. The van der Waals surface area contributed by atoms with Gasteiger partial charge in [0.1, 0.15) is 18.3 Å². The number of hydrogen-bond donors (Lipinski definition) is 1. The maximum absolute atomic E-state index is 12.5. The highest BCUT2D eigenvalue weighted by atomic mass is 16.8. The number of amides is 1. The van der Waals surface area contributed by atoms with E-state index in [1.165, 1.54) is 0 Å². The lowest BCUT2D eigenvalue weighted by molar-refractivity contribution is -0.186. The third kappa shape index (κ3) is 5.90. The summed E-state index contributed by atoms with van der Waals surface area (Å²) in [5.41, 5.74) is -2.76. The van der Waals surface area contributed by atoms with Gasteiger partial charge in [0.2, 0.25) is 0 Å². The third-order valence-corrected chi connectivity index (χ3v) is 3.10. The Bertz CT molecular complexity index is 483. The summed E-state index contributed by atoms with van der Waals surface area (Å²) in [5, 5.41) is 2.34. The van der Waals surface area contributed by atoms with Gasteiger partial charge in [-0.25, -0.2) is 14.4 Å². The monoisotopic (exact) mass is 345 g/mol. The van der Waals surface area contributed by atoms with E-state index in [0.29, 0.717) is 6.42 Å². The van der Waals surface area contributed by atoms with Crippen molar-refractivity contribution in [3.63, 3.8) is 0 Å². The summed E-state index contributed by atoms with van der Waals surface area (Å²) in [6, 6.07) is 0. The molecule has 8 nitrogen and oxygen atoms in total. The van der Waals surface area contributed by atoms with E-state index < -0.39 is 35.6 Å². The molecular weight excluding hydrogens is 318 g/mol. The minimum atomic E-state index is -1.98. The molecule has 1 heterocycles.